The van der Waals surface area contributed by atoms with Crippen LogP contribution in [0.5, 0.6) is 0 Å². The van der Waals surface area contributed by atoms with Crippen LogP contribution < -0.4 is 11.1 Å². The minimum absolute atomic E-state index is 0.338. The van der Waals surface area contributed by atoms with Crippen LogP contribution >= 0.6 is 0 Å². The fourth-order valence-electron chi connectivity index (χ4n) is 0.469. The Kier molecular flexibility index (Phi) is 12.4. The van der Waals surface area contributed by atoms with Crippen LogP contribution in [0.1, 0.15) is 20.8 Å². The number of carbonyl (C=O) groups is 2. The van der Waals surface area contributed by atoms with Gasteiger partial charge in [0.05, 0.1) is 13.2 Å². The van der Waals surface area contributed by atoms with E-state index in [2.05, 4.69) is 20.5 Å². The van der Waals surface area contributed by atoms with Gasteiger partial charge in [0.1, 0.15) is 0 Å². The van der Waals surface area contributed by atoms with Crippen molar-refractivity contribution in [1.82, 2.24) is 5.32 Å². The SMILES string of the molecule is CCNC(=O)OCC.CCOC(N)=O. The highest BCUT2D eigenvalue weighted by molar-refractivity contribution is 5.66. The van der Waals surface area contributed by atoms with Gasteiger partial charge in [0.2, 0.25) is 0 Å². The molecule has 0 aromatic carbocycles. The first-order valence-electron chi connectivity index (χ1n) is 4.41. The second kappa shape index (κ2) is 11.5. The molecule has 0 atom stereocenters. The molecule has 2 amide bonds. The van der Waals surface area contributed by atoms with E-state index in [4.69, 9.17) is 0 Å². The molecule has 0 rings (SSSR count). The van der Waals surface area contributed by atoms with Crippen LogP contribution in [0.3, 0.4) is 0 Å². The molecule has 0 radical (unpaired) electrons. The van der Waals surface area contributed by atoms with Crippen LogP contribution in [-0.2, 0) is 9.47 Å². The third-order valence-electron chi connectivity index (χ3n) is 0.883. The first-order valence-corrected chi connectivity index (χ1v) is 4.41. The van der Waals surface area contributed by atoms with Crippen molar-refractivity contribution in [3.8, 4) is 0 Å². The molecule has 0 fully saturated rings. The number of ether oxygens (including phenoxy) is 2. The Labute approximate surface area is 83.7 Å². The first-order chi connectivity index (χ1) is 6.58. The second-order valence-electron chi connectivity index (χ2n) is 2.00. The summed E-state index contributed by atoms with van der Waals surface area (Å²) < 4.78 is 8.71. The number of rotatable bonds is 3. The Balaban J connectivity index is 0. The maximum Gasteiger partial charge on any atom is 0.407 e. The summed E-state index contributed by atoms with van der Waals surface area (Å²) in [5, 5.41) is 2.49. The molecule has 0 aliphatic carbocycles. The molecule has 0 spiro atoms. The summed E-state index contributed by atoms with van der Waals surface area (Å²) >= 11 is 0. The van der Waals surface area contributed by atoms with Crippen LogP contribution in [0.25, 0.3) is 0 Å². The summed E-state index contributed by atoms with van der Waals surface area (Å²) in [5.41, 5.74) is 4.54. The summed E-state index contributed by atoms with van der Waals surface area (Å²) in [6.07, 6.45) is -1.05. The van der Waals surface area contributed by atoms with Gasteiger partial charge in [-0.05, 0) is 20.8 Å². The quantitative estimate of drug-likeness (QED) is 0.716. The molecule has 0 saturated carbocycles. The maximum absolute atomic E-state index is 10.3. The van der Waals surface area contributed by atoms with E-state index < -0.39 is 6.09 Å². The normalized spacial score (nSPS) is 7.93. The molecule has 0 unspecified atom stereocenters. The monoisotopic (exact) mass is 206 g/mol. The Morgan fingerprint density at radius 1 is 1.14 bits per heavy atom. The molecule has 0 heterocycles. The number of nitrogens with two attached hydrogens (primary N) is 1. The number of amides is 2. The predicted molar refractivity (Wildman–Crippen MR) is 51.9 cm³/mol. The van der Waals surface area contributed by atoms with Crippen molar-refractivity contribution in [2.24, 2.45) is 5.73 Å². The minimum Gasteiger partial charge on any atom is -0.450 e. The lowest BCUT2D eigenvalue weighted by atomic mass is 10.7. The number of hydrogen-bond donors (Lipinski definition) is 2. The highest BCUT2D eigenvalue weighted by Crippen LogP contribution is 1.72. The fraction of sp³-hybridized carbons (Fsp3) is 0.750. The Bertz CT molecular complexity index is 153. The standard InChI is InChI=1S/C5H11NO2.C3H7NO2/c1-3-6-5(7)8-4-2;1-2-6-3(4)5/h3-4H2,1-2H3,(H,6,7);2H2,1H3,(H2,4,5). The minimum atomic E-state index is -0.711. The summed E-state index contributed by atoms with van der Waals surface area (Å²) in [6, 6.07) is 0. The van der Waals surface area contributed by atoms with Crippen LogP contribution in [0.2, 0.25) is 0 Å². The molecular formula is C8H18N2O4. The van der Waals surface area contributed by atoms with Gasteiger partial charge in [-0.3, -0.25) is 0 Å². The van der Waals surface area contributed by atoms with E-state index in [1.54, 1.807) is 13.8 Å². The number of nitrogens with one attached hydrogen (secondary N) is 1. The highest BCUT2D eigenvalue weighted by atomic mass is 16.5. The molecule has 0 aliphatic rings. The summed E-state index contributed by atoms with van der Waals surface area (Å²) in [4.78, 5) is 19.9. The van der Waals surface area contributed by atoms with Gasteiger partial charge in [-0.1, -0.05) is 0 Å². The van der Waals surface area contributed by atoms with Crippen molar-refractivity contribution in [2.45, 2.75) is 20.8 Å². The van der Waals surface area contributed by atoms with Gasteiger partial charge in [0, 0.05) is 6.54 Å². The van der Waals surface area contributed by atoms with Gasteiger partial charge in [-0.2, -0.15) is 0 Å². The van der Waals surface area contributed by atoms with E-state index in [9.17, 15) is 9.59 Å². The molecule has 0 saturated heterocycles. The van der Waals surface area contributed by atoms with Crippen molar-refractivity contribution in [3.05, 3.63) is 0 Å². The number of primary amides is 1. The van der Waals surface area contributed by atoms with E-state index in [0.29, 0.717) is 19.8 Å². The summed E-state index contributed by atoms with van der Waals surface area (Å²) in [7, 11) is 0. The zero-order valence-corrected chi connectivity index (χ0v) is 8.83. The van der Waals surface area contributed by atoms with Gasteiger partial charge in [-0.25, -0.2) is 9.59 Å². The van der Waals surface area contributed by atoms with Crippen LogP contribution in [-0.4, -0.2) is 31.9 Å². The molecule has 6 nitrogen and oxygen atoms in total. The zero-order chi connectivity index (χ0) is 11.4. The van der Waals surface area contributed by atoms with Gasteiger partial charge in [0.15, 0.2) is 0 Å². The molecule has 3 N–H and O–H groups in total. The summed E-state index contributed by atoms with van der Waals surface area (Å²) in [5.74, 6) is 0. The average Bonchev–Trinajstić information content (AvgIpc) is 2.05. The lowest BCUT2D eigenvalue weighted by Gasteiger charge is -1.99. The topological polar surface area (TPSA) is 90.7 Å². The molecule has 6 heteroatoms. The van der Waals surface area contributed by atoms with Gasteiger partial charge in [0.25, 0.3) is 0 Å². The van der Waals surface area contributed by atoms with Crippen molar-refractivity contribution >= 4 is 12.2 Å². The number of alkyl carbamates (subject to hydrolysis) is 1. The van der Waals surface area contributed by atoms with Gasteiger partial charge in [-0.15, -0.1) is 0 Å². The zero-order valence-electron chi connectivity index (χ0n) is 8.83. The second-order valence-corrected chi connectivity index (χ2v) is 2.00. The largest absolute Gasteiger partial charge is 0.450 e. The average molecular weight is 206 g/mol. The van der Waals surface area contributed by atoms with E-state index in [1.807, 2.05) is 6.92 Å². The molecule has 0 bridgehead atoms. The summed E-state index contributed by atoms with van der Waals surface area (Å²) in [6.45, 7) is 6.73. The Morgan fingerprint density at radius 2 is 1.64 bits per heavy atom. The molecular weight excluding hydrogens is 188 g/mol. The van der Waals surface area contributed by atoms with Crippen molar-refractivity contribution in [1.29, 1.82) is 0 Å². The van der Waals surface area contributed by atoms with Gasteiger partial charge < -0.3 is 20.5 Å². The van der Waals surface area contributed by atoms with Gasteiger partial charge >= 0.3 is 12.2 Å². The van der Waals surface area contributed by atoms with Crippen LogP contribution in [0.4, 0.5) is 9.59 Å². The van der Waals surface area contributed by atoms with E-state index in [0.717, 1.165) is 0 Å². The first kappa shape index (κ1) is 15.0. The maximum atomic E-state index is 10.3. The molecule has 0 aliphatic heterocycles. The Hall–Kier alpha value is -1.46. The highest BCUT2D eigenvalue weighted by Gasteiger charge is 1.92. The lowest BCUT2D eigenvalue weighted by molar-refractivity contribution is 0.152. The smallest absolute Gasteiger partial charge is 0.407 e. The Morgan fingerprint density at radius 3 is 1.86 bits per heavy atom. The third-order valence-corrected chi connectivity index (χ3v) is 0.883. The van der Waals surface area contributed by atoms with Crippen molar-refractivity contribution in [2.75, 3.05) is 19.8 Å². The van der Waals surface area contributed by atoms with Crippen LogP contribution in [0, 0.1) is 0 Å². The van der Waals surface area contributed by atoms with E-state index in [1.165, 1.54) is 0 Å². The molecule has 84 valence electrons. The lowest BCUT2D eigenvalue weighted by Crippen LogP contribution is -2.23. The third kappa shape index (κ3) is 16.9. The van der Waals surface area contributed by atoms with Crippen LogP contribution in [0.15, 0.2) is 0 Å². The molecule has 0 aromatic rings. The van der Waals surface area contributed by atoms with Crippen molar-refractivity contribution in [3.63, 3.8) is 0 Å². The predicted octanol–water partition coefficient (Wildman–Crippen LogP) is 0.854. The molecule has 0 aromatic heterocycles. The van der Waals surface area contributed by atoms with E-state index in [-0.39, 0.29) is 6.09 Å². The number of hydrogen-bond acceptors (Lipinski definition) is 4. The van der Waals surface area contributed by atoms with Crippen molar-refractivity contribution < 1.29 is 19.1 Å². The number of carbonyl (C=O) groups excluding carboxylic acids is 2. The fourth-order valence-corrected chi connectivity index (χ4v) is 0.469. The molecule has 14 heavy (non-hydrogen) atoms. The van der Waals surface area contributed by atoms with E-state index >= 15 is 0 Å².